The molecule has 3 heterocycles. The number of likely N-dealkylation sites (tertiary alicyclic amines) is 1. The van der Waals surface area contributed by atoms with Crippen molar-refractivity contribution >= 4 is 5.91 Å². The number of carbonyl (C=O) groups excluding carboxylic acids is 1. The Bertz CT molecular complexity index is 448. The molecular weight excluding hydrogens is 252 g/mol. The molecule has 5 heteroatoms. The Labute approximate surface area is 120 Å². The minimum atomic E-state index is 0.276. The zero-order valence-corrected chi connectivity index (χ0v) is 12.1. The van der Waals surface area contributed by atoms with Crippen molar-refractivity contribution in [3.05, 3.63) is 18.2 Å². The third kappa shape index (κ3) is 3.20. The van der Waals surface area contributed by atoms with E-state index in [1.54, 1.807) is 0 Å². The Hall–Kier alpha value is -1.36. The van der Waals surface area contributed by atoms with Crippen molar-refractivity contribution in [2.24, 2.45) is 0 Å². The van der Waals surface area contributed by atoms with E-state index in [0.717, 1.165) is 31.9 Å². The summed E-state index contributed by atoms with van der Waals surface area (Å²) in [5.74, 6) is 0.276. The number of amides is 1. The lowest BCUT2D eigenvalue weighted by molar-refractivity contribution is -0.134. The van der Waals surface area contributed by atoms with Crippen LogP contribution in [0.2, 0.25) is 0 Å². The molecule has 0 aliphatic carbocycles. The summed E-state index contributed by atoms with van der Waals surface area (Å²) in [5, 5.41) is 0. The number of imidazole rings is 1. The molecule has 0 aromatic carbocycles. The summed E-state index contributed by atoms with van der Waals surface area (Å²) in [6, 6.07) is 0. The fraction of sp³-hybridized carbons (Fsp3) is 0.733. The minimum Gasteiger partial charge on any atom is -0.334 e. The lowest BCUT2D eigenvalue weighted by Gasteiger charge is -2.31. The summed E-state index contributed by atoms with van der Waals surface area (Å²) < 4.78 is 2.14. The molecule has 0 unspecified atom stereocenters. The summed E-state index contributed by atoms with van der Waals surface area (Å²) in [6.45, 7) is 5.16. The molecule has 1 aromatic heterocycles. The molecular formula is C15H24N4O. The normalized spacial score (nSPS) is 21.1. The van der Waals surface area contributed by atoms with Crippen LogP contribution in [0.1, 0.15) is 37.8 Å². The molecule has 0 atom stereocenters. The van der Waals surface area contributed by atoms with Crippen LogP contribution in [0.15, 0.2) is 12.5 Å². The second-order valence-electron chi connectivity index (χ2n) is 5.94. The van der Waals surface area contributed by atoms with Crippen LogP contribution in [0.3, 0.4) is 0 Å². The number of hydrogen-bond acceptors (Lipinski definition) is 3. The largest absolute Gasteiger partial charge is 0.334 e. The number of carbonyl (C=O) groups is 1. The first kappa shape index (κ1) is 13.6. The topological polar surface area (TPSA) is 41.4 Å². The Morgan fingerprint density at radius 3 is 2.60 bits per heavy atom. The number of rotatable bonds is 2. The van der Waals surface area contributed by atoms with Crippen molar-refractivity contribution in [1.29, 1.82) is 0 Å². The first-order chi connectivity index (χ1) is 9.83. The molecule has 1 fully saturated rings. The highest BCUT2D eigenvalue weighted by atomic mass is 16.2. The molecule has 0 radical (unpaired) electrons. The first-order valence-corrected chi connectivity index (χ1v) is 7.82. The van der Waals surface area contributed by atoms with Crippen LogP contribution in [-0.2, 0) is 17.9 Å². The molecule has 0 bridgehead atoms. The van der Waals surface area contributed by atoms with Gasteiger partial charge in [0, 0.05) is 19.3 Å². The molecule has 5 nitrogen and oxygen atoms in total. The maximum Gasteiger partial charge on any atom is 0.237 e. The van der Waals surface area contributed by atoms with Crippen molar-refractivity contribution in [3.63, 3.8) is 0 Å². The minimum absolute atomic E-state index is 0.276. The predicted molar refractivity (Wildman–Crippen MR) is 77.2 cm³/mol. The smallest absolute Gasteiger partial charge is 0.237 e. The zero-order chi connectivity index (χ0) is 13.8. The van der Waals surface area contributed by atoms with Crippen LogP contribution in [0.5, 0.6) is 0 Å². The van der Waals surface area contributed by atoms with Gasteiger partial charge in [0.1, 0.15) is 0 Å². The van der Waals surface area contributed by atoms with E-state index in [1.165, 1.54) is 32.1 Å². The predicted octanol–water partition coefficient (Wildman–Crippen LogP) is 1.49. The maximum absolute atomic E-state index is 12.5. The lowest BCUT2D eigenvalue weighted by atomic mass is 10.1. The summed E-state index contributed by atoms with van der Waals surface area (Å²) in [7, 11) is 0. The Balaban J connectivity index is 1.54. The van der Waals surface area contributed by atoms with E-state index in [2.05, 4.69) is 14.5 Å². The van der Waals surface area contributed by atoms with Gasteiger partial charge in [0.15, 0.2) is 0 Å². The fourth-order valence-corrected chi connectivity index (χ4v) is 3.16. The monoisotopic (exact) mass is 276 g/mol. The first-order valence-electron chi connectivity index (χ1n) is 7.82. The SMILES string of the molecule is O=C(CN1CCCCCCC1)N1CCn2cncc2C1. The third-order valence-electron chi connectivity index (χ3n) is 4.42. The van der Waals surface area contributed by atoms with Gasteiger partial charge in [0.05, 0.1) is 25.1 Å². The van der Waals surface area contributed by atoms with Crippen molar-refractivity contribution in [2.75, 3.05) is 26.2 Å². The van der Waals surface area contributed by atoms with Gasteiger partial charge in [-0.05, 0) is 25.9 Å². The molecule has 2 aliphatic rings. The van der Waals surface area contributed by atoms with E-state index in [-0.39, 0.29) is 5.91 Å². The highest BCUT2D eigenvalue weighted by molar-refractivity contribution is 5.78. The number of hydrogen-bond donors (Lipinski definition) is 0. The van der Waals surface area contributed by atoms with Crippen molar-refractivity contribution < 1.29 is 4.79 Å². The van der Waals surface area contributed by atoms with E-state index in [4.69, 9.17) is 0 Å². The maximum atomic E-state index is 12.5. The van der Waals surface area contributed by atoms with E-state index >= 15 is 0 Å². The summed E-state index contributed by atoms with van der Waals surface area (Å²) in [6.07, 6.45) is 10.2. The molecule has 0 saturated carbocycles. The van der Waals surface area contributed by atoms with Gasteiger partial charge in [0.25, 0.3) is 0 Å². The van der Waals surface area contributed by atoms with Crippen LogP contribution in [-0.4, -0.2) is 51.4 Å². The van der Waals surface area contributed by atoms with Crippen molar-refractivity contribution in [2.45, 2.75) is 45.2 Å². The van der Waals surface area contributed by atoms with E-state index in [9.17, 15) is 4.79 Å². The fourth-order valence-electron chi connectivity index (χ4n) is 3.16. The number of nitrogens with zero attached hydrogens (tertiary/aromatic N) is 4. The second kappa shape index (κ2) is 6.39. The average molecular weight is 276 g/mol. The highest BCUT2D eigenvalue weighted by Crippen LogP contribution is 2.14. The summed E-state index contributed by atoms with van der Waals surface area (Å²) in [5.41, 5.74) is 1.15. The molecule has 20 heavy (non-hydrogen) atoms. The van der Waals surface area contributed by atoms with Gasteiger partial charge in [-0.3, -0.25) is 9.69 Å². The van der Waals surface area contributed by atoms with Gasteiger partial charge >= 0.3 is 0 Å². The van der Waals surface area contributed by atoms with Crippen LogP contribution in [0.4, 0.5) is 0 Å². The lowest BCUT2D eigenvalue weighted by Crippen LogP contribution is -2.44. The molecule has 3 rings (SSSR count). The van der Waals surface area contributed by atoms with Gasteiger partial charge in [0.2, 0.25) is 5.91 Å². The quantitative estimate of drug-likeness (QED) is 0.822. The van der Waals surface area contributed by atoms with Crippen LogP contribution in [0.25, 0.3) is 0 Å². The van der Waals surface area contributed by atoms with E-state index < -0.39 is 0 Å². The number of aromatic nitrogens is 2. The molecule has 1 amide bonds. The molecule has 2 aliphatic heterocycles. The Morgan fingerprint density at radius 1 is 1.05 bits per heavy atom. The van der Waals surface area contributed by atoms with Crippen LogP contribution < -0.4 is 0 Å². The highest BCUT2D eigenvalue weighted by Gasteiger charge is 2.22. The van der Waals surface area contributed by atoms with Gasteiger partial charge in [-0.2, -0.15) is 0 Å². The summed E-state index contributed by atoms with van der Waals surface area (Å²) >= 11 is 0. The standard InChI is InChI=1S/C15H24N4O/c20-15(12-17-6-4-2-1-3-5-7-17)18-8-9-19-13-16-10-14(19)11-18/h10,13H,1-9,11-12H2. The Morgan fingerprint density at radius 2 is 1.80 bits per heavy atom. The van der Waals surface area contributed by atoms with Gasteiger partial charge < -0.3 is 9.47 Å². The van der Waals surface area contributed by atoms with E-state index in [1.807, 2.05) is 17.4 Å². The van der Waals surface area contributed by atoms with Crippen molar-refractivity contribution in [3.8, 4) is 0 Å². The second-order valence-corrected chi connectivity index (χ2v) is 5.94. The van der Waals surface area contributed by atoms with Crippen molar-refractivity contribution in [1.82, 2.24) is 19.4 Å². The molecule has 0 spiro atoms. The zero-order valence-electron chi connectivity index (χ0n) is 12.1. The summed E-state index contributed by atoms with van der Waals surface area (Å²) in [4.78, 5) is 20.9. The number of fused-ring (bicyclic) bond motifs is 1. The molecule has 110 valence electrons. The van der Waals surface area contributed by atoms with Gasteiger partial charge in [-0.15, -0.1) is 0 Å². The third-order valence-corrected chi connectivity index (χ3v) is 4.42. The average Bonchev–Trinajstić information content (AvgIpc) is 2.88. The van der Waals surface area contributed by atoms with Crippen LogP contribution >= 0.6 is 0 Å². The van der Waals surface area contributed by atoms with Gasteiger partial charge in [-0.25, -0.2) is 4.98 Å². The molecule has 0 N–H and O–H groups in total. The molecule has 1 saturated heterocycles. The van der Waals surface area contributed by atoms with Crippen LogP contribution in [0, 0.1) is 0 Å². The van der Waals surface area contributed by atoms with Gasteiger partial charge in [-0.1, -0.05) is 19.3 Å². The molecule has 1 aromatic rings. The Kier molecular flexibility index (Phi) is 4.35. The van der Waals surface area contributed by atoms with E-state index in [0.29, 0.717) is 13.1 Å².